The van der Waals surface area contributed by atoms with E-state index >= 15 is 0 Å². The number of hydrogen-bond acceptors (Lipinski definition) is 3. The van der Waals surface area contributed by atoms with E-state index in [1.807, 2.05) is 31.2 Å². The minimum absolute atomic E-state index is 0.390. The molecule has 0 bridgehead atoms. The Hall–Kier alpha value is -1.68. The van der Waals surface area contributed by atoms with E-state index in [1.54, 1.807) is 12.1 Å². The summed E-state index contributed by atoms with van der Waals surface area (Å²) in [6.07, 6.45) is 0.794. The Morgan fingerprint density at radius 3 is 2.89 bits per heavy atom. The van der Waals surface area contributed by atoms with E-state index in [0.717, 1.165) is 22.1 Å². The van der Waals surface area contributed by atoms with Crippen LogP contribution in [0.1, 0.15) is 21.7 Å². The van der Waals surface area contributed by atoms with Gasteiger partial charge in [-0.05, 0) is 37.3 Å². The fourth-order valence-electron chi connectivity index (χ4n) is 1.54. The molecule has 0 fully saturated rings. The van der Waals surface area contributed by atoms with E-state index in [-0.39, 0.29) is 0 Å². The molecular weight excluding hydrogens is 294 g/mol. The van der Waals surface area contributed by atoms with Gasteiger partial charge in [0, 0.05) is 15.7 Å². The molecule has 2 rings (SSSR count). The van der Waals surface area contributed by atoms with Gasteiger partial charge in [-0.2, -0.15) is 0 Å². The smallest absolute Gasteiger partial charge is 0.151 e. The summed E-state index contributed by atoms with van der Waals surface area (Å²) < 4.78 is 6.36. The Morgan fingerprint density at radius 1 is 1.33 bits per heavy atom. The molecule has 1 heterocycles. The fourth-order valence-corrected chi connectivity index (χ4v) is 1.88. The van der Waals surface area contributed by atoms with Gasteiger partial charge in [0.1, 0.15) is 12.4 Å². The zero-order chi connectivity index (χ0) is 13.0. The van der Waals surface area contributed by atoms with Gasteiger partial charge in [0.2, 0.25) is 0 Å². The first-order chi connectivity index (χ1) is 8.69. The average Bonchev–Trinajstić information content (AvgIpc) is 2.38. The number of carbonyl (C=O) groups is 1. The second-order valence-corrected chi connectivity index (χ2v) is 4.71. The quantitative estimate of drug-likeness (QED) is 0.811. The predicted molar refractivity (Wildman–Crippen MR) is 72.8 cm³/mol. The van der Waals surface area contributed by atoms with Crippen molar-refractivity contribution in [1.29, 1.82) is 0 Å². The number of pyridine rings is 1. The first kappa shape index (κ1) is 12.8. The van der Waals surface area contributed by atoms with Crippen LogP contribution in [-0.2, 0) is 6.61 Å². The van der Waals surface area contributed by atoms with Crippen LogP contribution in [0.5, 0.6) is 5.75 Å². The molecule has 0 saturated carbocycles. The molecule has 0 radical (unpaired) electrons. The van der Waals surface area contributed by atoms with Crippen molar-refractivity contribution in [2.24, 2.45) is 0 Å². The van der Waals surface area contributed by atoms with Crippen molar-refractivity contribution in [3.63, 3.8) is 0 Å². The number of aryl methyl sites for hydroxylation is 1. The van der Waals surface area contributed by atoms with Crippen LogP contribution in [0.15, 0.2) is 40.9 Å². The van der Waals surface area contributed by atoms with Gasteiger partial charge in [0.25, 0.3) is 0 Å². The van der Waals surface area contributed by atoms with Crippen molar-refractivity contribution in [2.45, 2.75) is 13.5 Å². The molecule has 0 atom stereocenters. The lowest BCUT2D eigenvalue weighted by molar-refractivity contribution is 0.112. The normalized spacial score (nSPS) is 10.1. The van der Waals surface area contributed by atoms with Crippen LogP contribution < -0.4 is 4.74 Å². The minimum Gasteiger partial charge on any atom is -0.487 e. The molecule has 0 aliphatic carbocycles. The maximum absolute atomic E-state index is 10.8. The van der Waals surface area contributed by atoms with E-state index in [4.69, 9.17) is 4.74 Å². The Morgan fingerprint density at radius 2 is 2.17 bits per heavy atom. The molecule has 0 saturated heterocycles. The topological polar surface area (TPSA) is 39.2 Å². The van der Waals surface area contributed by atoms with Crippen molar-refractivity contribution in [2.75, 3.05) is 0 Å². The number of halogens is 1. The molecule has 2 aromatic rings. The number of aromatic nitrogens is 1. The lowest BCUT2D eigenvalue weighted by Gasteiger charge is -2.07. The Balaban J connectivity index is 2.08. The third-order valence-corrected chi connectivity index (χ3v) is 3.15. The lowest BCUT2D eigenvalue weighted by Crippen LogP contribution is -1.99. The summed E-state index contributed by atoms with van der Waals surface area (Å²) in [4.78, 5) is 15.1. The molecule has 0 spiro atoms. The van der Waals surface area contributed by atoms with Crippen molar-refractivity contribution < 1.29 is 9.53 Å². The molecule has 92 valence electrons. The highest BCUT2D eigenvalue weighted by Crippen LogP contribution is 2.21. The van der Waals surface area contributed by atoms with Gasteiger partial charge >= 0.3 is 0 Å². The number of rotatable bonds is 4. The molecule has 4 heteroatoms. The predicted octanol–water partition coefficient (Wildman–Crippen LogP) is 3.54. The van der Waals surface area contributed by atoms with Gasteiger partial charge in [-0.3, -0.25) is 9.78 Å². The standard InChI is InChI=1S/C14H12BrNO2/c1-10-3-2-4-12(16-10)9-18-13-5-6-14(15)11(7-13)8-17/h2-8H,9H2,1H3. The first-order valence-corrected chi connectivity index (χ1v) is 6.28. The summed E-state index contributed by atoms with van der Waals surface area (Å²) >= 11 is 3.30. The Bertz CT molecular complexity index is 569. The van der Waals surface area contributed by atoms with Crippen LogP contribution in [0, 0.1) is 6.92 Å². The number of hydrogen-bond donors (Lipinski definition) is 0. The summed E-state index contributed by atoms with van der Waals surface area (Å²) in [5.41, 5.74) is 2.40. The van der Waals surface area contributed by atoms with Gasteiger partial charge in [0.05, 0.1) is 5.69 Å². The van der Waals surface area contributed by atoms with Crippen molar-refractivity contribution >= 4 is 22.2 Å². The molecule has 1 aromatic carbocycles. The van der Waals surface area contributed by atoms with Gasteiger partial charge < -0.3 is 4.74 Å². The summed E-state index contributed by atoms with van der Waals surface area (Å²) in [6.45, 7) is 2.33. The number of ether oxygens (including phenoxy) is 1. The van der Waals surface area contributed by atoms with Crippen molar-refractivity contribution in [1.82, 2.24) is 4.98 Å². The average molecular weight is 306 g/mol. The molecular formula is C14H12BrNO2. The SMILES string of the molecule is Cc1cccc(COc2ccc(Br)c(C=O)c2)n1. The van der Waals surface area contributed by atoms with E-state index in [2.05, 4.69) is 20.9 Å². The molecule has 0 N–H and O–H groups in total. The first-order valence-electron chi connectivity index (χ1n) is 5.49. The second-order valence-electron chi connectivity index (χ2n) is 3.86. The summed E-state index contributed by atoms with van der Waals surface area (Å²) in [7, 11) is 0. The molecule has 1 aromatic heterocycles. The van der Waals surface area contributed by atoms with Gasteiger partial charge in [-0.15, -0.1) is 0 Å². The number of benzene rings is 1. The highest BCUT2D eigenvalue weighted by Gasteiger charge is 2.02. The maximum atomic E-state index is 10.8. The summed E-state index contributed by atoms with van der Waals surface area (Å²) in [6, 6.07) is 11.1. The van der Waals surface area contributed by atoms with Gasteiger partial charge in [-0.25, -0.2) is 0 Å². The highest BCUT2D eigenvalue weighted by atomic mass is 79.9. The maximum Gasteiger partial charge on any atom is 0.151 e. The molecule has 18 heavy (non-hydrogen) atoms. The lowest BCUT2D eigenvalue weighted by atomic mass is 10.2. The van der Waals surface area contributed by atoms with Gasteiger partial charge in [0.15, 0.2) is 6.29 Å². The molecule has 0 aliphatic rings. The summed E-state index contributed by atoms with van der Waals surface area (Å²) in [5.74, 6) is 0.656. The minimum atomic E-state index is 0.390. The monoisotopic (exact) mass is 305 g/mol. The number of carbonyl (C=O) groups excluding carboxylic acids is 1. The molecule has 3 nitrogen and oxygen atoms in total. The van der Waals surface area contributed by atoms with Crippen molar-refractivity contribution in [3.8, 4) is 5.75 Å². The van der Waals surface area contributed by atoms with Crippen LogP contribution >= 0.6 is 15.9 Å². The van der Waals surface area contributed by atoms with E-state index < -0.39 is 0 Å². The Labute approximate surface area is 114 Å². The van der Waals surface area contributed by atoms with Crippen molar-refractivity contribution in [3.05, 3.63) is 57.8 Å². The second kappa shape index (κ2) is 5.78. The van der Waals surface area contributed by atoms with Crippen LogP contribution in [0.2, 0.25) is 0 Å². The molecule has 0 amide bonds. The van der Waals surface area contributed by atoms with Crippen LogP contribution in [0.3, 0.4) is 0 Å². The van der Waals surface area contributed by atoms with E-state index in [9.17, 15) is 4.79 Å². The van der Waals surface area contributed by atoms with Crippen LogP contribution in [-0.4, -0.2) is 11.3 Å². The third-order valence-electron chi connectivity index (χ3n) is 2.43. The van der Waals surface area contributed by atoms with E-state index in [0.29, 0.717) is 17.9 Å². The molecule has 0 unspecified atom stereocenters. The number of nitrogens with zero attached hydrogens (tertiary/aromatic N) is 1. The fraction of sp³-hybridized carbons (Fsp3) is 0.143. The summed E-state index contributed by atoms with van der Waals surface area (Å²) in [5, 5.41) is 0. The zero-order valence-corrected chi connectivity index (χ0v) is 11.5. The largest absolute Gasteiger partial charge is 0.487 e. The van der Waals surface area contributed by atoms with E-state index in [1.165, 1.54) is 0 Å². The van der Waals surface area contributed by atoms with Gasteiger partial charge in [-0.1, -0.05) is 22.0 Å². The number of aldehydes is 1. The third kappa shape index (κ3) is 3.17. The zero-order valence-electron chi connectivity index (χ0n) is 9.89. The van der Waals surface area contributed by atoms with Crippen LogP contribution in [0.4, 0.5) is 0 Å². The van der Waals surface area contributed by atoms with Crippen LogP contribution in [0.25, 0.3) is 0 Å². The highest BCUT2D eigenvalue weighted by molar-refractivity contribution is 9.10. The molecule has 0 aliphatic heterocycles. The Kier molecular flexibility index (Phi) is 4.10.